The Hall–Kier alpha value is -3.91. The van der Waals surface area contributed by atoms with Crippen LogP contribution in [0.15, 0.2) is 53.9 Å². The van der Waals surface area contributed by atoms with Gasteiger partial charge < -0.3 is 20.4 Å². The first-order valence-corrected chi connectivity index (χ1v) is 14.7. The fourth-order valence-electron chi connectivity index (χ4n) is 4.60. The highest BCUT2D eigenvalue weighted by atomic mass is 32.2. The van der Waals surface area contributed by atoms with Crippen molar-refractivity contribution in [1.82, 2.24) is 9.21 Å². The van der Waals surface area contributed by atoms with Crippen LogP contribution in [0.3, 0.4) is 0 Å². The number of ether oxygens (including phenoxy) is 1. The van der Waals surface area contributed by atoms with Crippen LogP contribution in [-0.4, -0.2) is 67.5 Å². The number of nitro benzene ring substituents is 1. The zero-order chi connectivity index (χ0) is 29.8. The number of carbonyl (C=O) groups excluding carboxylic acids is 1. The first-order chi connectivity index (χ1) is 19.4. The van der Waals surface area contributed by atoms with Gasteiger partial charge in [0.05, 0.1) is 17.3 Å². The molecule has 0 unspecified atom stereocenters. The Morgan fingerprint density at radius 2 is 1.73 bits per heavy atom. The van der Waals surface area contributed by atoms with Crippen molar-refractivity contribution >= 4 is 33.5 Å². The minimum absolute atomic E-state index is 0.0650. The number of hydrogen-bond acceptors (Lipinski definition) is 8. The molecule has 1 saturated heterocycles. The van der Waals surface area contributed by atoms with Gasteiger partial charge in [-0.1, -0.05) is 19.1 Å². The SMILES string of the molecule is CCC1(CO/C(C(=O)Nc2cc(F)cc(F)c2)=C(/C=N)N2CCN(S(=O)(=O)Cc3ccc([N+](=O)[O-])cc3)CC2)CC1. The average Bonchev–Trinajstić information content (AvgIpc) is 3.71. The van der Waals surface area contributed by atoms with E-state index in [0.717, 1.165) is 37.6 Å². The van der Waals surface area contributed by atoms with Gasteiger partial charge >= 0.3 is 0 Å². The fraction of sp³-hybridized carbons (Fsp3) is 0.407. The molecule has 1 aliphatic heterocycles. The van der Waals surface area contributed by atoms with Gasteiger partial charge in [0.15, 0.2) is 0 Å². The molecule has 2 fully saturated rings. The highest BCUT2D eigenvalue weighted by molar-refractivity contribution is 7.88. The van der Waals surface area contributed by atoms with Crippen LogP contribution >= 0.6 is 0 Å². The van der Waals surface area contributed by atoms with Crippen LogP contribution in [-0.2, 0) is 25.3 Å². The van der Waals surface area contributed by atoms with Gasteiger partial charge in [-0.15, -0.1) is 0 Å². The number of piperazine rings is 1. The van der Waals surface area contributed by atoms with Crippen LogP contribution < -0.4 is 5.32 Å². The second-order valence-electron chi connectivity index (χ2n) is 10.2. The number of amides is 1. The van der Waals surface area contributed by atoms with Gasteiger partial charge in [-0.25, -0.2) is 17.2 Å². The van der Waals surface area contributed by atoms with Crippen molar-refractivity contribution in [2.24, 2.45) is 5.41 Å². The topological polar surface area (TPSA) is 146 Å². The summed E-state index contributed by atoms with van der Waals surface area (Å²) < 4.78 is 60.8. The molecule has 1 heterocycles. The monoisotopic (exact) mass is 591 g/mol. The lowest BCUT2D eigenvalue weighted by molar-refractivity contribution is -0.384. The maximum Gasteiger partial charge on any atom is 0.293 e. The Bertz CT molecular complexity index is 1430. The van der Waals surface area contributed by atoms with Gasteiger partial charge in [0.1, 0.15) is 17.3 Å². The third-order valence-electron chi connectivity index (χ3n) is 7.39. The number of carbonyl (C=O) groups is 1. The van der Waals surface area contributed by atoms with Crippen LogP contribution in [0, 0.1) is 32.6 Å². The van der Waals surface area contributed by atoms with Crippen molar-refractivity contribution in [3.8, 4) is 0 Å². The highest BCUT2D eigenvalue weighted by Crippen LogP contribution is 2.49. The van der Waals surface area contributed by atoms with Crippen molar-refractivity contribution in [2.75, 3.05) is 38.1 Å². The average molecular weight is 592 g/mol. The number of rotatable bonds is 12. The Kier molecular flexibility index (Phi) is 9.02. The molecular formula is C27H31F2N5O6S. The van der Waals surface area contributed by atoms with Crippen LogP contribution in [0.1, 0.15) is 31.7 Å². The first kappa shape index (κ1) is 30.1. The second kappa shape index (κ2) is 12.3. The van der Waals surface area contributed by atoms with E-state index in [0.29, 0.717) is 11.6 Å². The molecule has 1 aliphatic carbocycles. The maximum absolute atomic E-state index is 13.7. The number of nitro groups is 1. The summed E-state index contributed by atoms with van der Waals surface area (Å²) in [6, 6.07) is 7.91. The standard InChI is InChI=1S/C27H31F2N5O6S/c1-2-27(7-8-27)18-40-25(26(35)31-22-14-20(28)13-21(29)15-22)24(16-30)32-9-11-33(12-10-32)41(38,39)17-19-3-5-23(6-4-19)34(36)37/h3-6,13-16,30H,2,7-12,17-18H2,1H3,(H,31,35)/b25-24-,30-16?. The number of benzene rings is 2. The lowest BCUT2D eigenvalue weighted by atomic mass is 10.1. The molecule has 1 saturated carbocycles. The molecule has 2 aromatic carbocycles. The molecule has 4 rings (SSSR count). The molecule has 0 aromatic heterocycles. The Morgan fingerprint density at radius 1 is 1.12 bits per heavy atom. The summed E-state index contributed by atoms with van der Waals surface area (Å²) in [6.07, 6.45) is 3.65. The van der Waals surface area contributed by atoms with E-state index in [1.165, 1.54) is 28.6 Å². The normalized spacial score (nSPS) is 17.4. The van der Waals surface area contributed by atoms with Gasteiger partial charge in [0.25, 0.3) is 11.6 Å². The van der Waals surface area contributed by atoms with E-state index in [4.69, 9.17) is 10.1 Å². The van der Waals surface area contributed by atoms with Gasteiger partial charge in [0.2, 0.25) is 15.8 Å². The number of nitrogens with zero attached hydrogens (tertiary/aromatic N) is 3. The summed E-state index contributed by atoms with van der Waals surface area (Å²) >= 11 is 0. The summed E-state index contributed by atoms with van der Waals surface area (Å²) in [6.45, 7) is 2.68. The van der Waals surface area contributed by atoms with Crippen LogP contribution in [0.4, 0.5) is 20.2 Å². The Balaban J connectivity index is 1.50. The molecule has 0 atom stereocenters. The van der Waals surface area contributed by atoms with Crippen molar-refractivity contribution < 1.29 is 31.7 Å². The first-order valence-electron chi connectivity index (χ1n) is 13.1. The van der Waals surface area contributed by atoms with Gasteiger partial charge in [-0.2, -0.15) is 4.31 Å². The van der Waals surface area contributed by atoms with Crippen LogP contribution in [0.2, 0.25) is 0 Å². The van der Waals surface area contributed by atoms with E-state index in [2.05, 4.69) is 5.32 Å². The van der Waals surface area contributed by atoms with Crippen LogP contribution in [0.5, 0.6) is 0 Å². The molecule has 2 N–H and O–H groups in total. The number of sulfonamides is 1. The van der Waals surface area contributed by atoms with Crippen LogP contribution in [0.25, 0.3) is 0 Å². The summed E-state index contributed by atoms with van der Waals surface area (Å²) in [5, 5.41) is 21.4. The molecule has 11 nitrogen and oxygen atoms in total. The summed E-state index contributed by atoms with van der Waals surface area (Å²) in [7, 11) is -3.75. The van der Waals surface area contributed by atoms with E-state index in [9.17, 15) is 32.1 Å². The van der Waals surface area contributed by atoms with E-state index in [-0.39, 0.29) is 66.8 Å². The van der Waals surface area contributed by atoms with Crippen molar-refractivity contribution in [3.63, 3.8) is 0 Å². The zero-order valence-corrected chi connectivity index (χ0v) is 23.3. The quantitative estimate of drug-likeness (QED) is 0.125. The molecule has 1 amide bonds. The predicted octanol–water partition coefficient (Wildman–Crippen LogP) is 4.03. The molecule has 220 valence electrons. The minimum Gasteiger partial charge on any atom is -0.486 e. The Labute approximate surface area is 236 Å². The number of anilines is 1. The molecule has 0 radical (unpaired) electrons. The number of halogens is 2. The molecular weight excluding hydrogens is 560 g/mol. The smallest absolute Gasteiger partial charge is 0.293 e. The van der Waals surface area contributed by atoms with E-state index >= 15 is 0 Å². The zero-order valence-electron chi connectivity index (χ0n) is 22.4. The molecule has 0 bridgehead atoms. The minimum atomic E-state index is -3.75. The summed E-state index contributed by atoms with van der Waals surface area (Å²) in [4.78, 5) is 25.2. The fourth-order valence-corrected chi connectivity index (χ4v) is 6.11. The number of non-ortho nitro benzene ring substituents is 1. The van der Waals surface area contributed by atoms with Crippen molar-refractivity contribution in [3.05, 3.63) is 81.2 Å². The third kappa shape index (κ3) is 7.44. The number of nitrogens with one attached hydrogen (secondary N) is 2. The second-order valence-corrected chi connectivity index (χ2v) is 12.1. The Morgan fingerprint density at radius 3 is 2.24 bits per heavy atom. The molecule has 0 spiro atoms. The molecule has 14 heteroatoms. The lowest BCUT2D eigenvalue weighted by Crippen LogP contribution is -2.49. The van der Waals surface area contributed by atoms with Gasteiger partial charge in [-0.3, -0.25) is 14.9 Å². The molecule has 2 aliphatic rings. The maximum atomic E-state index is 13.7. The third-order valence-corrected chi connectivity index (χ3v) is 9.24. The summed E-state index contributed by atoms with van der Waals surface area (Å²) in [5.74, 6) is -3.04. The van der Waals surface area contributed by atoms with E-state index in [1.54, 1.807) is 4.90 Å². The summed E-state index contributed by atoms with van der Waals surface area (Å²) in [5.41, 5.74) is 0.204. The van der Waals surface area contributed by atoms with E-state index in [1.807, 2.05) is 6.92 Å². The van der Waals surface area contributed by atoms with Crippen molar-refractivity contribution in [1.29, 1.82) is 5.41 Å². The molecule has 2 aromatic rings. The van der Waals surface area contributed by atoms with Gasteiger partial charge in [0, 0.05) is 61.7 Å². The predicted molar refractivity (Wildman–Crippen MR) is 148 cm³/mol. The number of allylic oxidation sites excluding steroid dienone is 1. The number of hydrogen-bond donors (Lipinski definition) is 2. The van der Waals surface area contributed by atoms with E-state index < -0.39 is 32.5 Å². The van der Waals surface area contributed by atoms with Crippen molar-refractivity contribution in [2.45, 2.75) is 31.9 Å². The lowest BCUT2D eigenvalue weighted by Gasteiger charge is -2.36. The van der Waals surface area contributed by atoms with Gasteiger partial charge in [-0.05, 0) is 37.0 Å². The highest BCUT2D eigenvalue weighted by Gasteiger charge is 2.42. The molecule has 41 heavy (non-hydrogen) atoms. The largest absolute Gasteiger partial charge is 0.486 e.